The summed E-state index contributed by atoms with van der Waals surface area (Å²) in [5, 5.41) is 0. The molecule has 0 aromatic rings. The van der Waals surface area contributed by atoms with Crippen LogP contribution in [0.4, 0.5) is 0 Å². The van der Waals surface area contributed by atoms with Crippen LogP contribution in [0.25, 0.3) is 0 Å². The highest BCUT2D eigenvalue weighted by molar-refractivity contribution is 6.63. The number of allylic oxidation sites excluding steroid dienone is 1. The van der Waals surface area contributed by atoms with Gasteiger partial charge in [-0.25, -0.2) is 0 Å². The van der Waals surface area contributed by atoms with Crippen LogP contribution in [0.2, 0.25) is 13.1 Å². The standard InChI is InChI=1S/C5H9B/c1-6-4-2-3-5-6/h2,4H,3,5H2,1H3. The Morgan fingerprint density at radius 1 is 1.67 bits per heavy atom. The third kappa shape index (κ3) is 0.646. The molecule has 1 aliphatic rings. The number of hydrogen-bond acceptors (Lipinski definition) is 0. The van der Waals surface area contributed by atoms with Gasteiger partial charge in [0.2, 0.25) is 0 Å². The molecule has 32 valence electrons. The van der Waals surface area contributed by atoms with Crippen LogP contribution in [0.15, 0.2) is 12.1 Å². The van der Waals surface area contributed by atoms with E-state index in [1.54, 1.807) is 0 Å². The molecule has 0 amide bonds. The highest BCUT2D eigenvalue weighted by atomic mass is 13.8. The largest absolute Gasteiger partial charge is 0.163 e. The van der Waals surface area contributed by atoms with Crippen LogP contribution < -0.4 is 0 Å². The summed E-state index contributed by atoms with van der Waals surface area (Å²) in [7, 11) is 0. The predicted octanol–water partition coefficient (Wildman–Crippen LogP) is 1.61. The lowest BCUT2D eigenvalue weighted by Gasteiger charge is -1.83. The van der Waals surface area contributed by atoms with Crippen molar-refractivity contribution in [1.82, 2.24) is 0 Å². The highest BCUT2D eigenvalue weighted by Crippen LogP contribution is 2.07. The van der Waals surface area contributed by atoms with Gasteiger partial charge in [-0.05, 0) is 6.42 Å². The van der Waals surface area contributed by atoms with E-state index < -0.39 is 0 Å². The highest BCUT2D eigenvalue weighted by Gasteiger charge is 2.03. The van der Waals surface area contributed by atoms with Gasteiger partial charge in [0.15, 0.2) is 6.71 Å². The Labute approximate surface area is 39.3 Å². The smallest absolute Gasteiger partial charge is 0.119 e. The monoisotopic (exact) mass is 80.1 g/mol. The lowest BCUT2D eigenvalue weighted by molar-refractivity contribution is 1.23. The van der Waals surface area contributed by atoms with Crippen molar-refractivity contribution >= 4 is 6.71 Å². The van der Waals surface area contributed by atoms with Crippen LogP contribution in [-0.2, 0) is 0 Å². The summed E-state index contributed by atoms with van der Waals surface area (Å²) in [5.74, 6) is 2.28. The van der Waals surface area contributed by atoms with Crippen molar-refractivity contribution in [2.24, 2.45) is 0 Å². The van der Waals surface area contributed by atoms with Gasteiger partial charge in [-0.15, -0.1) is 5.98 Å². The molecule has 1 heteroatoms. The number of rotatable bonds is 0. The van der Waals surface area contributed by atoms with Crippen molar-refractivity contribution in [3.8, 4) is 0 Å². The fourth-order valence-electron chi connectivity index (χ4n) is 0.784. The second kappa shape index (κ2) is 1.50. The second-order valence-corrected chi connectivity index (χ2v) is 1.98. The van der Waals surface area contributed by atoms with E-state index in [0.29, 0.717) is 0 Å². The van der Waals surface area contributed by atoms with Crippen molar-refractivity contribution in [1.29, 1.82) is 0 Å². The minimum atomic E-state index is 0.866. The van der Waals surface area contributed by atoms with Gasteiger partial charge < -0.3 is 0 Å². The molecule has 0 aliphatic carbocycles. The minimum Gasteiger partial charge on any atom is -0.119 e. The van der Waals surface area contributed by atoms with Gasteiger partial charge in [-0.1, -0.05) is 19.2 Å². The van der Waals surface area contributed by atoms with Gasteiger partial charge in [0.1, 0.15) is 0 Å². The molecule has 0 nitrogen and oxygen atoms in total. The zero-order chi connectivity index (χ0) is 4.41. The molecule has 0 N–H and O–H groups in total. The third-order valence-corrected chi connectivity index (χ3v) is 1.25. The number of hydrogen-bond donors (Lipinski definition) is 0. The fourth-order valence-corrected chi connectivity index (χ4v) is 0.784. The Morgan fingerprint density at radius 2 is 2.50 bits per heavy atom. The zero-order valence-electron chi connectivity index (χ0n) is 4.15. The fraction of sp³-hybridized carbons (Fsp3) is 0.600. The second-order valence-electron chi connectivity index (χ2n) is 1.98. The maximum atomic E-state index is 2.28. The van der Waals surface area contributed by atoms with Gasteiger partial charge in [0.05, 0.1) is 0 Å². The molecule has 0 aromatic heterocycles. The first-order valence-electron chi connectivity index (χ1n) is 2.56. The maximum Gasteiger partial charge on any atom is 0.163 e. The molecule has 0 bridgehead atoms. The zero-order valence-corrected chi connectivity index (χ0v) is 4.15. The van der Waals surface area contributed by atoms with Crippen LogP contribution in [0.5, 0.6) is 0 Å². The molecule has 0 radical (unpaired) electrons. The van der Waals surface area contributed by atoms with E-state index in [-0.39, 0.29) is 0 Å². The summed E-state index contributed by atoms with van der Waals surface area (Å²) >= 11 is 0. The Balaban J connectivity index is 2.38. The van der Waals surface area contributed by atoms with Crippen molar-refractivity contribution in [2.45, 2.75) is 19.6 Å². The van der Waals surface area contributed by atoms with Gasteiger partial charge in [-0.3, -0.25) is 0 Å². The molecule has 0 saturated heterocycles. The Kier molecular flexibility index (Phi) is 0.996. The van der Waals surface area contributed by atoms with E-state index in [2.05, 4.69) is 18.9 Å². The first-order valence-corrected chi connectivity index (χ1v) is 2.56. The van der Waals surface area contributed by atoms with E-state index in [1.807, 2.05) is 0 Å². The average molecular weight is 79.9 g/mol. The first kappa shape index (κ1) is 3.98. The van der Waals surface area contributed by atoms with E-state index in [9.17, 15) is 0 Å². The SMILES string of the molecule is CB1C=CCC1. The van der Waals surface area contributed by atoms with Crippen molar-refractivity contribution in [3.63, 3.8) is 0 Å². The molecule has 0 atom stereocenters. The van der Waals surface area contributed by atoms with Crippen molar-refractivity contribution in [3.05, 3.63) is 12.1 Å². The van der Waals surface area contributed by atoms with E-state index in [1.165, 1.54) is 12.7 Å². The molecule has 0 saturated carbocycles. The minimum absolute atomic E-state index is 0.866. The van der Waals surface area contributed by atoms with Crippen molar-refractivity contribution in [2.75, 3.05) is 0 Å². The van der Waals surface area contributed by atoms with Gasteiger partial charge >= 0.3 is 0 Å². The summed E-state index contributed by atoms with van der Waals surface area (Å²) in [6, 6.07) is 0. The summed E-state index contributed by atoms with van der Waals surface area (Å²) < 4.78 is 0. The molecular formula is C5H9B. The van der Waals surface area contributed by atoms with Gasteiger partial charge in [0.25, 0.3) is 0 Å². The third-order valence-electron chi connectivity index (χ3n) is 1.25. The molecule has 0 spiro atoms. The summed E-state index contributed by atoms with van der Waals surface area (Å²) in [6.07, 6.45) is 4.94. The molecular weight excluding hydrogens is 70.9 g/mol. The van der Waals surface area contributed by atoms with E-state index >= 15 is 0 Å². The quantitative estimate of drug-likeness (QED) is 0.387. The van der Waals surface area contributed by atoms with Crippen LogP contribution in [0, 0.1) is 0 Å². The molecule has 1 aliphatic heterocycles. The van der Waals surface area contributed by atoms with Crippen LogP contribution in [-0.4, -0.2) is 6.71 Å². The van der Waals surface area contributed by atoms with Crippen molar-refractivity contribution < 1.29 is 0 Å². The Bertz CT molecular complexity index is 66.3. The summed E-state index contributed by atoms with van der Waals surface area (Å²) in [5.41, 5.74) is 0. The summed E-state index contributed by atoms with van der Waals surface area (Å²) in [4.78, 5) is 0. The maximum absolute atomic E-state index is 2.28. The topological polar surface area (TPSA) is 0 Å². The molecule has 0 unspecified atom stereocenters. The molecule has 0 fully saturated rings. The van der Waals surface area contributed by atoms with Gasteiger partial charge in [-0.2, -0.15) is 0 Å². The normalized spacial score (nSPS) is 19.8. The lowest BCUT2D eigenvalue weighted by Crippen LogP contribution is -1.93. The molecule has 1 rings (SSSR count). The average Bonchev–Trinajstić information content (AvgIpc) is 1.86. The Hall–Kier alpha value is -0.195. The van der Waals surface area contributed by atoms with E-state index in [0.717, 1.165) is 6.71 Å². The molecule has 6 heavy (non-hydrogen) atoms. The van der Waals surface area contributed by atoms with Crippen LogP contribution >= 0.6 is 0 Å². The predicted molar refractivity (Wildman–Crippen MR) is 30.2 cm³/mol. The first-order chi connectivity index (χ1) is 2.89. The molecule has 0 aromatic carbocycles. The summed E-state index contributed by atoms with van der Waals surface area (Å²) in [6.45, 7) is 3.12. The Morgan fingerprint density at radius 3 is 2.67 bits per heavy atom. The van der Waals surface area contributed by atoms with Gasteiger partial charge in [0, 0.05) is 0 Å². The molecule has 1 heterocycles. The van der Waals surface area contributed by atoms with Crippen LogP contribution in [0.1, 0.15) is 6.42 Å². The van der Waals surface area contributed by atoms with E-state index in [4.69, 9.17) is 0 Å². The van der Waals surface area contributed by atoms with Crippen LogP contribution in [0.3, 0.4) is 0 Å². The lowest BCUT2D eigenvalue weighted by atomic mass is 9.52.